The summed E-state index contributed by atoms with van der Waals surface area (Å²) in [6.07, 6.45) is 0.919. The van der Waals surface area contributed by atoms with Crippen molar-refractivity contribution in [2.24, 2.45) is 5.92 Å². The van der Waals surface area contributed by atoms with Gasteiger partial charge in [-0.1, -0.05) is 0 Å². The van der Waals surface area contributed by atoms with Crippen LogP contribution in [0.3, 0.4) is 0 Å². The summed E-state index contributed by atoms with van der Waals surface area (Å²) in [5, 5.41) is 5.47. The number of carbonyl (C=O) groups is 3. The van der Waals surface area contributed by atoms with Crippen molar-refractivity contribution in [2.45, 2.75) is 19.8 Å². The summed E-state index contributed by atoms with van der Waals surface area (Å²) in [6, 6.07) is 6.99. The Balaban J connectivity index is 1.97. The molecule has 1 aromatic rings. The Morgan fingerprint density at radius 1 is 1.30 bits per heavy atom. The van der Waals surface area contributed by atoms with Gasteiger partial charge in [0.2, 0.25) is 17.7 Å². The van der Waals surface area contributed by atoms with Gasteiger partial charge in [0.15, 0.2) is 0 Å². The van der Waals surface area contributed by atoms with Crippen LogP contribution in [0.2, 0.25) is 0 Å². The van der Waals surface area contributed by atoms with Gasteiger partial charge in [0.1, 0.15) is 0 Å². The summed E-state index contributed by atoms with van der Waals surface area (Å²) in [7, 11) is 0. The number of hydrogen-bond donors (Lipinski definition) is 2. The van der Waals surface area contributed by atoms with Gasteiger partial charge >= 0.3 is 0 Å². The molecule has 0 radical (unpaired) electrons. The van der Waals surface area contributed by atoms with Crippen molar-refractivity contribution < 1.29 is 14.4 Å². The molecule has 1 atom stereocenters. The van der Waals surface area contributed by atoms with Gasteiger partial charge in [-0.3, -0.25) is 14.4 Å². The Labute approximate surface area is 140 Å². The van der Waals surface area contributed by atoms with Gasteiger partial charge in [0.05, 0.1) is 5.92 Å². The molecule has 6 nitrogen and oxygen atoms in total. The third-order valence-corrected chi connectivity index (χ3v) is 3.87. The number of nitrogens with zero attached hydrogens (tertiary/aromatic N) is 1. The van der Waals surface area contributed by atoms with E-state index in [0.29, 0.717) is 31.1 Å². The third-order valence-electron chi connectivity index (χ3n) is 3.60. The van der Waals surface area contributed by atoms with Crippen LogP contribution in [0.4, 0.5) is 11.4 Å². The molecule has 124 valence electrons. The second kappa shape index (κ2) is 7.97. The molecule has 23 heavy (non-hydrogen) atoms. The average Bonchev–Trinajstić information content (AvgIpc) is 2.90. The predicted octanol–water partition coefficient (Wildman–Crippen LogP) is 1.74. The number of benzene rings is 1. The fourth-order valence-corrected chi connectivity index (χ4v) is 2.62. The van der Waals surface area contributed by atoms with E-state index in [0.717, 1.165) is 5.69 Å². The summed E-state index contributed by atoms with van der Waals surface area (Å²) in [6.45, 7) is 2.33. The van der Waals surface area contributed by atoms with Gasteiger partial charge in [-0.15, -0.1) is 11.6 Å². The predicted molar refractivity (Wildman–Crippen MR) is 89.6 cm³/mol. The van der Waals surface area contributed by atoms with E-state index in [1.54, 1.807) is 29.2 Å². The van der Waals surface area contributed by atoms with Crippen LogP contribution in [0, 0.1) is 5.92 Å². The van der Waals surface area contributed by atoms with Crippen molar-refractivity contribution in [3.63, 3.8) is 0 Å². The third kappa shape index (κ3) is 4.69. The number of nitrogens with one attached hydrogen (secondary N) is 2. The van der Waals surface area contributed by atoms with Crippen LogP contribution in [0.5, 0.6) is 0 Å². The Morgan fingerprint density at radius 3 is 2.61 bits per heavy atom. The minimum atomic E-state index is -0.340. The van der Waals surface area contributed by atoms with E-state index >= 15 is 0 Å². The van der Waals surface area contributed by atoms with Gasteiger partial charge < -0.3 is 15.5 Å². The maximum Gasteiger partial charge on any atom is 0.227 e. The van der Waals surface area contributed by atoms with Gasteiger partial charge in [0.25, 0.3) is 0 Å². The molecule has 1 unspecified atom stereocenters. The van der Waals surface area contributed by atoms with Crippen LogP contribution in [0.25, 0.3) is 0 Å². The molecule has 1 aromatic carbocycles. The normalized spacial score (nSPS) is 17.2. The van der Waals surface area contributed by atoms with E-state index in [-0.39, 0.29) is 30.1 Å². The lowest BCUT2D eigenvalue weighted by Gasteiger charge is -2.17. The standard InChI is InChI=1S/C16H20ClN3O3/c1-11(21)19-13-3-5-14(6-4-13)20-10-12(9-15(20)22)16(23)18-8-2-7-17/h3-6,12H,2,7-10H2,1H3,(H,18,23)(H,19,21). The Bertz CT molecular complexity index is 589. The second-order valence-corrected chi connectivity index (χ2v) is 5.84. The van der Waals surface area contributed by atoms with Gasteiger partial charge in [-0.25, -0.2) is 0 Å². The average molecular weight is 338 g/mol. The zero-order valence-corrected chi connectivity index (χ0v) is 13.7. The summed E-state index contributed by atoms with van der Waals surface area (Å²) in [4.78, 5) is 36.8. The summed E-state index contributed by atoms with van der Waals surface area (Å²) in [5.41, 5.74) is 1.39. The fraction of sp³-hybridized carbons (Fsp3) is 0.438. The first-order valence-corrected chi connectivity index (χ1v) is 8.06. The number of halogens is 1. The first-order chi connectivity index (χ1) is 11.0. The molecule has 3 amide bonds. The smallest absolute Gasteiger partial charge is 0.227 e. The molecule has 0 spiro atoms. The quantitative estimate of drug-likeness (QED) is 0.613. The lowest BCUT2D eigenvalue weighted by Crippen LogP contribution is -2.33. The topological polar surface area (TPSA) is 78.5 Å². The maximum atomic E-state index is 12.1. The molecule has 0 aromatic heterocycles. The molecule has 1 aliphatic rings. The highest BCUT2D eigenvalue weighted by atomic mass is 35.5. The van der Waals surface area contributed by atoms with E-state index in [1.165, 1.54) is 6.92 Å². The highest BCUT2D eigenvalue weighted by molar-refractivity contribution is 6.17. The number of carbonyl (C=O) groups excluding carboxylic acids is 3. The van der Waals surface area contributed by atoms with Crippen LogP contribution in [0.15, 0.2) is 24.3 Å². The van der Waals surface area contributed by atoms with E-state index in [9.17, 15) is 14.4 Å². The van der Waals surface area contributed by atoms with Crippen molar-refractivity contribution in [2.75, 3.05) is 29.2 Å². The molecule has 1 aliphatic heterocycles. The minimum Gasteiger partial charge on any atom is -0.356 e. The summed E-state index contributed by atoms with van der Waals surface area (Å²) >= 11 is 5.58. The molecule has 2 rings (SSSR count). The first kappa shape index (κ1) is 17.3. The molecule has 0 aliphatic carbocycles. The summed E-state index contributed by atoms with van der Waals surface area (Å²) in [5.74, 6) is -0.177. The summed E-state index contributed by atoms with van der Waals surface area (Å²) < 4.78 is 0. The van der Waals surface area contributed by atoms with Gasteiger partial charge in [0, 0.05) is 43.7 Å². The molecule has 1 saturated heterocycles. The SMILES string of the molecule is CC(=O)Nc1ccc(N2CC(C(=O)NCCCCl)CC2=O)cc1. The van der Waals surface area contributed by atoms with Crippen molar-refractivity contribution in [1.29, 1.82) is 0 Å². The molecule has 7 heteroatoms. The molecule has 0 bridgehead atoms. The molecule has 2 N–H and O–H groups in total. The van der Waals surface area contributed by atoms with E-state index < -0.39 is 0 Å². The Hall–Kier alpha value is -2.08. The zero-order valence-electron chi connectivity index (χ0n) is 13.0. The zero-order chi connectivity index (χ0) is 16.8. The fourth-order valence-electron chi connectivity index (χ4n) is 2.48. The number of alkyl halides is 1. The van der Waals surface area contributed by atoms with Crippen molar-refractivity contribution in [3.8, 4) is 0 Å². The molecular weight excluding hydrogens is 318 g/mol. The highest BCUT2D eigenvalue weighted by Gasteiger charge is 2.34. The van der Waals surface area contributed by atoms with E-state index in [2.05, 4.69) is 10.6 Å². The molecule has 1 fully saturated rings. The van der Waals surface area contributed by atoms with Crippen molar-refractivity contribution in [3.05, 3.63) is 24.3 Å². The maximum absolute atomic E-state index is 12.1. The lowest BCUT2D eigenvalue weighted by molar-refractivity contribution is -0.126. The van der Waals surface area contributed by atoms with Gasteiger partial charge in [-0.2, -0.15) is 0 Å². The highest BCUT2D eigenvalue weighted by Crippen LogP contribution is 2.26. The largest absolute Gasteiger partial charge is 0.356 e. The monoisotopic (exact) mass is 337 g/mol. The van der Waals surface area contributed by atoms with Crippen LogP contribution in [0.1, 0.15) is 19.8 Å². The minimum absolute atomic E-state index is 0.0743. The Morgan fingerprint density at radius 2 is 2.00 bits per heavy atom. The van der Waals surface area contributed by atoms with Crippen LogP contribution < -0.4 is 15.5 Å². The van der Waals surface area contributed by atoms with Crippen LogP contribution in [-0.2, 0) is 14.4 Å². The van der Waals surface area contributed by atoms with Crippen molar-refractivity contribution >= 4 is 40.7 Å². The Kier molecular flexibility index (Phi) is 5.98. The second-order valence-electron chi connectivity index (χ2n) is 5.47. The molecule has 1 heterocycles. The first-order valence-electron chi connectivity index (χ1n) is 7.53. The van der Waals surface area contributed by atoms with Gasteiger partial charge in [-0.05, 0) is 30.7 Å². The van der Waals surface area contributed by atoms with E-state index in [4.69, 9.17) is 11.6 Å². The van der Waals surface area contributed by atoms with Crippen molar-refractivity contribution in [1.82, 2.24) is 5.32 Å². The van der Waals surface area contributed by atoms with Crippen LogP contribution in [-0.4, -0.2) is 36.7 Å². The van der Waals surface area contributed by atoms with E-state index in [1.807, 2.05) is 0 Å². The number of hydrogen-bond acceptors (Lipinski definition) is 3. The number of rotatable bonds is 6. The molecule has 0 saturated carbocycles. The van der Waals surface area contributed by atoms with Crippen LogP contribution >= 0.6 is 11.6 Å². The number of anilines is 2. The number of amides is 3. The lowest BCUT2D eigenvalue weighted by atomic mass is 10.1. The molecular formula is C16H20ClN3O3.